The maximum absolute atomic E-state index is 13.5. The van der Waals surface area contributed by atoms with Gasteiger partial charge in [-0.05, 0) is 73.8 Å². The molecule has 6 nitrogen and oxygen atoms in total. The van der Waals surface area contributed by atoms with E-state index in [0.29, 0.717) is 30.3 Å². The molecule has 2 N–H and O–H groups in total. The van der Waals surface area contributed by atoms with E-state index in [1.807, 2.05) is 18.2 Å². The summed E-state index contributed by atoms with van der Waals surface area (Å²) in [7, 11) is 0. The maximum Gasteiger partial charge on any atom is 0.404 e. The van der Waals surface area contributed by atoms with Gasteiger partial charge in [-0.25, -0.2) is 9.18 Å². The van der Waals surface area contributed by atoms with Crippen LogP contribution in [0.2, 0.25) is 0 Å². The summed E-state index contributed by atoms with van der Waals surface area (Å²) in [5, 5.41) is 0. The summed E-state index contributed by atoms with van der Waals surface area (Å²) in [6.07, 6.45) is 20.5. The highest BCUT2D eigenvalue weighted by molar-refractivity contribution is 5.75. The van der Waals surface area contributed by atoms with Crippen molar-refractivity contribution < 1.29 is 23.5 Å². The van der Waals surface area contributed by atoms with Crippen LogP contribution < -0.4 is 5.73 Å². The summed E-state index contributed by atoms with van der Waals surface area (Å²) < 4.78 is 23.5. The molecule has 2 heterocycles. The molecule has 0 radical (unpaired) electrons. The van der Waals surface area contributed by atoms with Crippen molar-refractivity contribution in [1.29, 1.82) is 0 Å². The zero-order chi connectivity index (χ0) is 28.4. The number of fused-ring (bicyclic) bond motifs is 2. The second-order valence-electron chi connectivity index (χ2n) is 10.2. The van der Waals surface area contributed by atoms with Crippen molar-refractivity contribution in [1.82, 2.24) is 4.98 Å². The van der Waals surface area contributed by atoms with Crippen LogP contribution in [0.25, 0.3) is 17.2 Å². The molecule has 3 aliphatic rings. The number of halogens is 1. The van der Waals surface area contributed by atoms with E-state index in [0.717, 1.165) is 29.7 Å². The van der Waals surface area contributed by atoms with Crippen LogP contribution in [0.3, 0.4) is 0 Å². The molecule has 5 rings (SSSR count). The van der Waals surface area contributed by atoms with Gasteiger partial charge in [-0.1, -0.05) is 50.5 Å². The quantitative estimate of drug-likeness (QED) is 0.343. The van der Waals surface area contributed by atoms with Crippen LogP contribution in [0.1, 0.15) is 58.1 Å². The smallest absolute Gasteiger partial charge is 0.404 e. The average Bonchev–Trinajstić information content (AvgIpc) is 3.28. The lowest BCUT2D eigenvalue weighted by Gasteiger charge is -2.46. The minimum absolute atomic E-state index is 0.0249. The van der Waals surface area contributed by atoms with Gasteiger partial charge in [-0.3, -0.25) is 9.78 Å². The molecular weight excluding hydrogens is 495 g/mol. The van der Waals surface area contributed by atoms with Gasteiger partial charge < -0.3 is 15.2 Å². The third-order valence-electron chi connectivity index (χ3n) is 8.05. The number of pyridine rings is 1. The number of esters is 1. The number of carbonyl (C=O) groups is 2. The number of nitrogens with two attached hydrogens (primary N) is 1. The van der Waals surface area contributed by atoms with Crippen molar-refractivity contribution in [2.45, 2.75) is 58.5 Å². The number of primary amides is 1. The minimum atomic E-state index is -0.711. The molecule has 6 atom stereocenters. The molecule has 1 amide bonds. The number of nitrogens with zero attached hydrogens (tertiary/aromatic N) is 1. The van der Waals surface area contributed by atoms with E-state index in [1.54, 1.807) is 19.2 Å². The third-order valence-corrected chi connectivity index (χ3v) is 8.05. The van der Waals surface area contributed by atoms with Gasteiger partial charge in [0.15, 0.2) is 0 Å². The number of cyclic esters (lactones) is 1. The van der Waals surface area contributed by atoms with E-state index < -0.39 is 6.09 Å². The highest BCUT2D eigenvalue weighted by Gasteiger charge is 2.54. The zero-order valence-electron chi connectivity index (χ0n) is 22.8. The van der Waals surface area contributed by atoms with Gasteiger partial charge in [0.25, 0.3) is 0 Å². The average molecular weight is 535 g/mol. The molecular formula is C32H39FN2O4. The molecule has 7 heteroatoms. The first kappa shape index (κ1) is 29.9. The first-order valence-corrected chi connectivity index (χ1v) is 13.8. The van der Waals surface area contributed by atoms with Crippen LogP contribution in [-0.4, -0.2) is 29.8 Å². The van der Waals surface area contributed by atoms with E-state index >= 15 is 0 Å². The summed E-state index contributed by atoms with van der Waals surface area (Å²) in [4.78, 5) is 26.8. The van der Waals surface area contributed by atoms with Gasteiger partial charge in [0, 0.05) is 17.7 Å². The normalized spacial score (nSPS) is 27.1. The van der Waals surface area contributed by atoms with Crippen LogP contribution in [0.4, 0.5) is 9.18 Å². The number of hydrogen-bond acceptors (Lipinski definition) is 5. The summed E-state index contributed by atoms with van der Waals surface area (Å²) in [5.74, 6) is 1.77. The van der Waals surface area contributed by atoms with Gasteiger partial charge in [0.1, 0.15) is 11.9 Å². The van der Waals surface area contributed by atoms with Crippen molar-refractivity contribution in [2.24, 2.45) is 35.3 Å². The number of hydrogen-bond donors (Lipinski definition) is 1. The molecule has 0 spiro atoms. The molecule has 2 aliphatic carbocycles. The van der Waals surface area contributed by atoms with E-state index in [4.69, 9.17) is 4.74 Å². The number of benzene rings is 1. The maximum atomic E-state index is 13.5. The molecule has 39 heavy (non-hydrogen) atoms. The fourth-order valence-electron chi connectivity index (χ4n) is 6.47. The Morgan fingerprint density at radius 2 is 1.95 bits per heavy atom. The monoisotopic (exact) mass is 534 g/mol. The fraction of sp³-hybridized carbons (Fsp3) is 0.469. The van der Waals surface area contributed by atoms with Gasteiger partial charge >= 0.3 is 12.1 Å². The molecule has 1 aromatic heterocycles. The lowest BCUT2D eigenvalue weighted by atomic mass is 9.57. The Labute approximate surface area is 231 Å². The van der Waals surface area contributed by atoms with Crippen LogP contribution in [0.15, 0.2) is 48.7 Å². The Kier molecular flexibility index (Phi) is 11.1. The number of amides is 1. The Morgan fingerprint density at radius 1 is 1.18 bits per heavy atom. The summed E-state index contributed by atoms with van der Waals surface area (Å²) in [6, 6.07) is 10.6. The van der Waals surface area contributed by atoms with Gasteiger partial charge in [0.2, 0.25) is 0 Å². The van der Waals surface area contributed by atoms with E-state index in [9.17, 15) is 14.0 Å². The Morgan fingerprint density at radius 3 is 2.56 bits per heavy atom. The molecule has 208 valence electrons. The molecule has 1 saturated heterocycles. The highest BCUT2D eigenvalue weighted by atomic mass is 19.1. The van der Waals surface area contributed by atoms with E-state index in [2.05, 4.69) is 47.4 Å². The molecule has 0 bridgehead atoms. The number of terminal acetylenes is 1. The fourth-order valence-corrected chi connectivity index (χ4v) is 6.47. The van der Waals surface area contributed by atoms with Gasteiger partial charge in [-0.2, -0.15) is 0 Å². The lowest BCUT2D eigenvalue weighted by Crippen LogP contribution is -2.43. The summed E-state index contributed by atoms with van der Waals surface area (Å²) in [6.45, 7) is 4.18. The van der Waals surface area contributed by atoms with Crippen molar-refractivity contribution in [3.05, 3.63) is 60.2 Å². The lowest BCUT2D eigenvalue weighted by molar-refractivity contribution is -0.145. The molecule has 2 aromatic rings. The first-order chi connectivity index (χ1) is 18.9. The van der Waals surface area contributed by atoms with Gasteiger partial charge in [0.05, 0.1) is 18.2 Å². The molecule has 2 saturated carbocycles. The number of ether oxygens (including phenoxy) is 2. The Balaban J connectivity index is 0.000000467. The third kappa shape index (κ3) is 7.47. The van der Waals surface area contributed by atoms with E-state index in [1.165, 1.54) is 37.8 Å². The highest BCUT2D eigenvalue weighted by Crippen LogP contribution is 2.54. The number of rotatable bonds is 5. The SMILES string of the molecule is C#C.CCOC(N)=O.CC[C@@H]1OC(=O)C2CC3CCCCC3[C@H](/C=C/c3ccc(-c4cccc(F)c4)cn3)C21. The van der Waals surface area contributed by atoms with Crippen LogP contribution >= 0.6 is 0 Å². The topological polar surface area (TPSA) is 91.5 Å². The second kappa shape index (κ2) is 14.5. The van der Waals surface area contributed by atoms with Crippen molar-refractivity contribution in [2.75, 3.05) is 6.61 Å². The summed E-state index contributed by atoms with van der Waals surface area (Å²) in [5.41, 5.74) is 7.17. The predicted octanol–water partition coefficient (Wildman–Crippen LogP) is 6.65. The molecule has 1 aromatic carbocycles. The number of carbonyl (C=O) groups excluding carboxylic acids is 2. The second-order valence-corrected chi connectivity index (χ2v) is 10.2. The standard InChI is InChI=1S/C27H30FNO2.C3H7NO2.C2H2/c1-2-25-26-23(22-9-4-3-6-18(22)15-24(26)27(30)31-25)13-12-21-11-10-19(16-29-21)17-7-5-8-20(28)14-17;1-2-6-3(4)5;1-2/h5,7-8,10-14,16,18,22-26H,2-4,6,9,15H2,1H3;2H2,1H3,(H2,4,5);1-2H/b13-12+;;/t18?,22?,23-,24?,25-,26?;;/m0../s1. The molecule has 4 unspecified atom stereocenters. The minimum Gasteiger partial charge on any atom is -0.462 e. The number of allylic oxidation sites excluding steroid dienone is 1. The van der Waals surface area contributed by atoms with Crippen molar-refractivity contribution in [3.63, 3.8) is 0 Å². The van der Waals surface area contributed by atoms with Crippen LogP contribution in [0.5, 0.6) is 0 Å². The van der Waals surface area contributed by atoms with Crippen LogP contribution in [-0.2, 0) is 14.3 Å². The largest absolute Gasteiger partial charge is 0.462 e. The Bertz CT molecular complexity index is 1150. The van der Waals surface area contributed by atoms with E-state index in [-0.39, 0.29) is 23.8 Å². The predicted molar refractivity (Wildman–Crippen MR) is 150 cm³/mol. The first-order valence-electron chi connectivity index (χ1n) is 13.8. The van der Waals surface area contributed by atoms with Gasteiger partial charge in [-0.15, -0.1) is 12.8 Å². The number of aromatic nitrogens is 1. The van der Waals surface area contributed by atoms with Crippen molar-refractivity contribution in [3.8, 4) is 24.0 Å². The molecule has 1 aliphatic heterocycles. The zero-order valence-corrected chi connectivity index (χ0v) is 22.8. The molecule has 3 fully saturated rings. The van der Waals surface area contributed by atoms with Crippen LogP contribution in [0, 0.1) is 48.3 Å². The van der Waals surface area contributed by atoms with Crippen molar-refractivity contribution >= 4 is 18.1 Å². The summed E-state index contributed by atoms with van der Waals surface area (Å²) >= 11 is 0. The Hall–Kier alpha value is -3.66.